The van der Waals surface area contributed by atoms with Gasteiger partial charge in [0.25, 0.3) is 0 Å². The molecule has 1 N–H and O–H groups in total. The Kier molecular flexibility index (Phi) is 3.80. The first kappa shape index (κ1) is 12.4. The number of nitriles is 1. The fourth-order valence-corrected chi connectivity index (χ4v) is 1.97. The molecule has 0 saturated carbocycles. The van der Waals surface area contributed by atoms with Crippen molar-refractivity contribution >= 4 is 5.91 Å². The highest BCUT2D eigenvalue weighted by atomic mass is 16.5. The Bertz CT molecular complexity index is 493. The van der Waals surface area contributed by atoms with Crippen molar-refractivity contribution in [3.8, 4) is 11.8 Å². The molecule has 0 aromatic heterocycles. The second-order valence-electron chi connectivity index (χ2n) is 4.14. The quantitative estimate of drug-likeness (QED) is 0.842. The van der Waals surface area contributed by atoms with Crippen molar-refractivity contribution in [3.05, 3.63) is 29.3 Å². The Balaban J connectivity index is 2.14. The molecule has 0 aliphatic carbocycles. The van der Waals surface area contributed by atoms with Gasteiger partial charge < -0.3 is 15.0 Å². The number of nitrogens with one attached hydrogen (secondary N) is 1. The van der Waals surface area contributed by atoms with Crippen LogP contribution in [0.1, 0.15) is 11.1 Å². The summed E-state index contributed by atoms with van der Waals surface area (Å²) in [6.07, 6.45) is 0. The summed E-state index contributed by atoms with van der Waals surface area (Å²) in [5.74, 6) is 0.656. The molecule has 1 aromatic rings. The molecule has 1 aliphatic rings. The van der Waals surface area contributed by atoms with Gasteiger partial charge >= 0.3 is 0 Å². The van der Waals surface area contributed by atoms with E-state index in [9.17, 15) is 4.79 Å². The molecule has 0 radical (unpaired) electrons. The Morgan fingerprint density at radius 2 is 2.39 bits per heavy atom. The lowest BCUT2D eigenvalue weighted by atomic mass is 10.1. The van der Waals surface area contributed by atoms with Crippen molar-refractivity contribution < 1.29 is 9.53 Å². The van der Waals surface area contributed by atoms with E-state index in [0.717, 1.165) is 12.1 Å². The van der Waals surface area contributed by atoms with Crippen LogP contribution in [0.3, 0.4) is 0 Å². The van der Waals surface area contributed by atoms with Gasteiger partial charge in [-0.05, 0) is 17.7 Å². The number of amides is 1. The molecule has 0 spiro atoms. The number of nitrogens with zero attached hydrogens (tertiary/aromatic N) is 2. The number of hydrogen-bond donors (Lipinski definition) is 1. The first-order valence-corrected chi connectivity index (χ1v) is 5.80. The van der Waals surface area contributed by atoms with Gasteiger partial charge in [0.15, 0.2) is 0 Å². The fourth-order valence-electron chi connectivity index (χ4n) is 1.97. The fraction of sp³-hybridized carbons (Fsp3) is 0.385. The third-order valence-corrected chi connectivity index (χ3v) is 2.95. The zero-order chi connectivity index (χ0) is 13.0. The highest BCUT2D eigenvalue weighted by Gasteiger charge is 2.17. The maximum absolute atomic E-state index is 11.6. The van der Waals surface area contributed by atoms with Crippen LogP contribution >= 0.6 is 0 Å². The molecule has 0 unspecified atom stereocenters. The van der Waals surface area contributed by atoms with Gasteiger partial charge in [0.1, 0.15) is 11.8 Å². The summed E-state index contributed by atoms with van der Waals surface area (Å²) in [6.45, 7) is 2.44. The van der Waals surface area contributed by atoms with Crippen molar-refractivity contribution in [2.75, 3.05) is 26.7 Å². The number of rotatable bonds is 3. The van der Waals surface area contributed by atoms with Gasteiger partial charge in [-0.25, -0.2) is 0 Å². The second kappa shape index (κ2) is 5.52. The molecular weight excluding hydrogens is 230 g/mol. The standard InChI is InChI=1S/C13H15N3O2/c1-18-12-3-2-10(6-11(12)7-14)9-16-5-4-15-8-13(16)17/h2-3,6,15H,4-5,8-9H2,1H3. The minimum absolute atomic E-state index is 0.0931. The van der Waals surface area contributed by atoms with E-state index < -0.39 is 0 Å². The van der Waals surface area contributed by atoms with Crippen LogP contribution in [0.5, 0.6) is 5.75 Å². The zero-order valence-electron chi connectivity index (χ0n) is 10.3. The topological polar surface area (TPSA) is 65.4 Å². The van der Waals surface area contributed by atoms with Crippen LogP contribution in [0.2, 0.25) is 0 Å². The van der Waals surface area contributed by atoms with Crippen LogP contribution in [0.4, 0.5) is 0 Å². The number of carbonyl (C=O) groups excluding carboxylic acids is 1. The second-order valence-corrected chi connectivity index (χ2v) is 4.14. The van der Waals surface area contributed by atoms with E-state index in [4.69, 9.17) is 10.00 Å². The van der Waals surface area contributed by atoms with E-state index in [1.54, 1.807) is 17.0 Å². The lowest BCUT2D eigenvalue weighted by molar-refractivity contribution is -0.132. The van der Waals surface area contributed by atoms with Gasteiger partial charge in [-0.3, -0.25) is 4.79 Å². The molecule has 1 saturated heterocycles. The summed E-state index contributed by atoms with van der Waals surface area (Å²) >= 11 is 0. The van der Waals surface area contributed by atoms with Gasteiger partial charge in [0.05, 0.1) is 19.2 Å². The minimum Gasteiger partial charge on any atom is -0.495 e. The van der Waals surface area contributed by atoms with Gasteiger partial charge in [-0.1, -0.05) is 6.07 Å². The predicted octanol–water partition coefficient (Wildman–Crippen LogP) is 0.499. The molecule has 94 valence electrons. The van der Waals surface area contributed by atoms with Gasteiger partial charge in [-0.15, -0.1) is 0 Å². The van der Waals surface area contributed by atoms with Crippen LogP contribution in [0.25, 0.3) is 0 Å². The maximum Gasteiger partial charge on any atom is 0.236 e. The monoisotopic (exact) mass is 245 g/mol. The lowest BCUT2D eigenvalue weighted by Crippen LogP contribution is -2.47. The third-order valence-electron chi connectivity index (χ3n) is 2.95. The molecule has 18 heavy (non-hydrogen) atoms. The average molecular weight is 245 g/mol. The van der Waals surface area contributed by atoms with Crippen molar-refractivity contribution in [1.82, 2.24) is 10.2 Å². The molecule has 1 aliphatic heterocycles. The summed E-state index contributed by atoms with van der Waals surface area (Å²) in [7, 11) is 1.54. The van der Waals surface area contributed by atoms with Gasteiger partial charge in [0, 0.05) is 19.6 Å². The molecule has 2 rings (SSSR count). The number of carbonyl (C=O) groups is 1. The van der Waals surface area contributed by atoms with E-state index in [0.29, 0.717) is 30.9 Å². The molecule has 1 fully saturated rings. The van der Waals surface area contributed by atoms with E-state index in [1.807, 2.05) is 6.07 Å². The Morgan fingerprint density at radius 1 is 1.56 bits per heavy atom. The highest BCUT2D eigenvalue weighted by Crippen LogP contribution is 2.19. The van der Waals surface area contributed by atoms with E-state index >= 15 is 0 Å². The Morgan fingerprint density at radius 3 is 3.06 bits per heavy atom. The summed E-state index contributed by atoms with van der Waals surface area (Å²) in [5.41, 5.74) is 1.44. The summed E-state index contributed by atoms with van der Waals surface area (Å²) in [5, 5.41) is 12.0. The zero-order valence-corrected chi connectivity index (χ0v) is 10.3. The molecule has 5 nitrogen and oxygen atoms in total. The smallest absolute Gasteiger partial charge is 0.236 e. The molecule has 1 amide bonds. The first-order chi connectivity index (χ1) is 8.74. The average Bonchev–Trinajstić information content (AvgIpc) is 2.41. The summed E-state index contributed by atoms with van der Waals surface area (Å²) < 4.78 is 5.09. The van der Waals surface area contributed by atoms with Crippen molar-refractivity contribution in [1.29, 1.82) is 5.26 Å². The largest absolute Gasteiger partial charge is 0.495 e. The van der Waals surface area contributed by atoms with Gasteiger partial charge in [0.2, 0.25) is 5.91 Å². The van der Waals surface area contributed by atoms with E-state index in [-0.39, 0.29) is 5.91 Å². The number of benzene rings is 1. The number of ether oxygens (including phenoxy) is 1. The lowest BCUT2D eigenvalue weighted by Gasteiger charge is -2.27. The number of hydrogen-bond acceptors (Lipinski definition) is 4. The van der Waals surface area contributed by atoms with Gasteiger partial charge in [-0.2, -0.15) is 5.26 Å². The SMILES string of the molecule is COc1ccc(CN2CCNCC2=O)cc1C#N. The molecule has 1 aromatic carbocycles. The molecule has 1 heterocycles. The summed E-state index contributed by atoms with van der Waals surface area (Å²) in [4.78, 5) is 13.4. The van der Waals surface area contributed by atoms with Crippen molar-refractivity contribution in [2.45, 2.75) is 6.54 Å². The van der Waals surface area contributed by atoms with Crippen LogP contribution in [0, 0.1) is 11.3 Å². The third kappa shape index (κ3) is 2.60. The summed E-state index contributed by atoms with van der Waals surface area (Å²) in [6, 6.07) is 7.51. The van der Waals surface area contributed by atoms with Crippen molar-refractivity contribution in [2.24, 2.45) is 0 Å². The first-order valence-electron chi connectivity index (χ1n) is 5.80. The van der Waals surface area contributed by atoms with Crippen LogP contribution in [-0.2, 0) is 11.3 Å². The van der Waals surface area contributed by atoms with Crippen molar-refractivity contribution in [3.63, 3.8) is 0 Å². The van der Waals surface area contributed by atoms with E-state index in [2.05, 4.69) is 11.4 Å². The molecular formula is C13H15N3O2. The van der Waals surface area contributed by atoms with Crippen LogP contribution < -0.4 is 10.1 Å². The van der Waals surface area contributed by atoms with Crippen LogP contribution in [-0.4, -0.2) is 37.6 Å². The Labute approximate surface area is 106 Å². The number of piperazine rings is 1. The molecule has 0 bridgehead atoms. The minimum atomic E-state index is 0.0931. The van der Waals surface area contributed by atoms with E-state index in [1.165, 1.54) is 7.11 Å². The molecule has 5 heteroatoms. The maximum atomic E-state index is 11.6. The Hall–Kier alpha value is -2.06. The predicted molar refractivity (Wildman–Crippen MR) is 66.0 cm³/mol. The highest BCUT2D eigenvalue weighted by molar-refractivity contribution is 5.79. The van der Waals surface area contributed by atoms with Crippen LogP contribution in [0.15, 0.2) is 18.2 Å². The number of methoxy groups -OCH3 is 1. The normalized spacial score (nSPS) is 15.3. The molecule has 0 atom stereocenters.